The van der Waals surface area contributed by atoms with E-state index in [0.29, 0.717) is 29.2 Å². The molecule has 2 aromatic heterocycles. The molecule has 3 heterocycles. The molecule has 10 heteroatoms. The third kappa shape index (κ3) is 5.62. The summed E-state index contributed by atoms with van der Waals surface area (Å²) in [5, 5.41) is 11.1. The van der Waals surface area contributed by atoms with Crippen molar-refractivity contribution in [1.82, 2.24) is 25.0 Å². The zero-order chi connectivity index (χ0) is 28.2. The van der Waals surface area contributed by atoms with Crippen molar-refractivity contribution in [3.63, 3.8) is 0 Å². The standard InChI is InChI=1S/C30H34N6O4/c1-5-36-14-8-9-21(18-36)40-30(38)32-25-13-12-19(15-23(25)29(37)35(2)3)20-16-24-27(33-34-28(24)31-17-20)22-10-6-7-11-26(22)39-4/h6-7,10-13,15-17,21H,5,8-9,14,18H2,1-4H3,(H,32,38)(H,31,33,34). The number of methoxy groups -OCH3 is 1. The van der Waals surface area contributed by atoms with Crippen molar-refractivity contribution in [3.8, 4) is 28.1 Å². The third-order valence-electron chi connectivity index (χ3n) is 7.19. The number of hydrogen-bond donors (Lipinski definition) is 2. The van der Waals surface area contributed by atoms with Crippen LogP contribution in [0.3, 0.4) is 0 Å². The second kappa shape index (κ2) is 11.7. The second-order valence-corrected chi connectivity index (χ2v) is 10.0. The molecule has 2 aromatic carbocycles. The summed E-state index contributed by atoms with van der Waals surface area (Å²) in [6.07, 6.45) is 2.80. The Balaban J connectivity index is 1.45. The zero-order valence-corrected chi connectivity index (χ0v) is 23.2. The third-order valence-corrected chi connectivity index (χ3v) is 7.19. The molecule has 4 aromatic rings. The van der Waals surface area contributed by atoms with Gasteiger partial charge in [-0.3, -0.25) is 20.1 Å². The first-order valence-corrected chi connectivity index (χ1v) is 13.4. The Morgan fingerprint density at radius 1 is 1.15 bits per heavy atom. The number of carbonyl (C=O) groups excluding carboxylic acids is 2. The van der Waals surface area contributed by atoms with E-state index in [1.807, 2.05) is 36.4 Å². The molecule has 0 saturated carbocycles. The highest BCUT2D eigenvalue weighted by Crippen LogP contribution is 2.35. The molecule has 0 bridgehead atoms. The summed E-state index contributed by atoms with van der Waals surface area (Å²) in [4.78, 5) is 34.3. The average Bonchev–Trinajstić information content (AvgIpc) is 3.40. The van der Waals surface area contributed by atoms with Gasteiger partial charge < -0.3 is 14.4 Å². The van der Waals surface area contributed by atoms with Crippen LogP contribution in [0.4, 0.5) is 10.5 Å². The topological polar surface area (TPSA) is 113 Å². The van der Waals surface area contributed by atoms with Crippen molar-refractivity contribution in [2.24, 2.45) is 0 Å². The van der Waals surface area contributed by atoms with Crippen molar-refractivity contribution in [1.29, 1.82) is 0 Å². The van der Waals surface area contributed by atoms with Crippen molar-refractivity contribution in [3.05, 3.63) is 60.3 Å². The smallest absolute Gasteiger partial charge is 0.411 e. The SMILES string of the molecule is CCN1CCCC(OC(=O)Nc2ccc(-c3cnc4[nH]nc(-c5ccccc5OC)c4c3)cc2C(=O)N(C)C)C1. The van der Waals surface area contributed by atoms with Crippen LogP contribution in [0, 0.1) is 0 Å². The van der Waals surface area contributed by atoms with Crippen molar-refractivity contribution in [2.45, 2.75) is 25.9 Å². The van der Waals surface area contributed by atoms with Gasteiger partial charge in [0.1, 0.15) is 17.5 Å². The number of likely N-dealkylation sites (N-methyl/N-ethyl adjacent to an activating group) is 1. The van der Waals surface area contributed by atoms with Crippen LogP contribution in [0.25, 0.3) is 33.4 Å². The summed E-state index contributed by atoms with van der Waals surface area (Å²) >= 11 is 0. The molecule has 1 aliphatic heterocycles. The Bertz CT molecular complexity index is 1530. The molecule has 208 valence electrons. The molecule has 1 saturated heterocycles. The molecule has 2 N–H and O–H groups in total. The Morgan fingerprint density at radius 3 is 2.75 bits per heavy atom. The number of anilines is 1. The minimum Gasteiger partial charge on any atom is -0.496 e. The van der Waals surface area contributed by atoms with Gasteiger partial charge in [-0.2, -0.15) is 5.10 Å². The number of benzene rings is 2. The molecule has 40 heavy (non-hydrogen) atoms. The summed E-state index contributed by atoms with van der Waals surface area (Å²) in [6, 6.07) is 15.0. The highest BCUT2D eigenvalue weighted by Gasteiger charge is 2.24. The van der Waals surface area contributed by atoms with Crippen LogP contribution in [0.15, 0.2) is 54.7 Å². The van der Waals surface area contributed by atoms with E-state index in [1.54, 1.807) is 39.5 Å². The lowest BCUT2D eigenvalue weighted by Crippen LogP contribution is -2.41. The quantitative estimate of drug-likeness (QED) is 0.337. The maximum absolute atomic E-state index is 13.2. The van der Waals surface area contributed by atoms with Gasteiger partial charge in [0.05, 0.1) is 18.4 Å². The van der Waals surface area contributed by atoms with Gasteiger partial charge in [-0.25, -0.2) is 9.78 Å². The Kier molecular flexibility index (Phi) is 7.97. The lowest BCUT2D eigenvalue weighted by atomic mass is 10.0. The van der Waals surface area contributed by atoms with Gasteiger partial charge in [0.2, 0.25) is 0 Å². The number of rotatable bonds is 7. The summed E-state index contributed by atoms with van der Waals surface area (Å²) < 4.78 is 11.2. The lowest BCUT2D eigenvalue weighted by Gasteiger charge is -2.31. The number of H-pyrrole nitrogens is 1. The molecule has 2 amide bonds. The molecular weight excluding hydrogens is 508 g/mol. The first-order valence-electron chi connectivity index (χ1n) is 13.4. The van der Waals surface area contributed by atoms with Gasteiger partial charge in [0.25, 0.3) is 5.91 Å². The van der Waals surface area contributed by atoms with E-state index in [-0.39, 0.29) is 12.0 Å². The Morgan fingerprint density at radius 2 is 1.98 bits per heavy atom. The monoisotopic (exact) mass is 542 g/mol. The Labute approximate surface area is 233 Å². The summed E-state index contributed by atoms with van der Waals surface area (Å²) in [5.74, 6) is 0.470. The van der Waals surface area contributed by atoms with Gasteiger partial charge in [-0.1, -0.05) is 25.1 Å². The molecular formula is C30H34N6O4. The highest BCUT2D eigenvalue weighted by molar-refractivity contribution is 6.04. The minimum absolute atomic E-state index is 0.175. The number of nitrogens with one attached hydrogen (secondary N) is 2. The predicted octanol–water partition coefficient (Wildman–Crippen LogP) is 5.04. The summed E-state index contributed by atoms with van der Waals surface area (Å²) in [5.41, 5.74) is 4.52. The van der Waals surface area contributed by atoms with Crippen LogP contribution in [-0.2, 0) is 4.74 Å². The number of nitrogens with zero attached hydrogens (tertiary/aromatic N) is 4. The van der Waals surface area contributed by atoms with E-state index >= 15 is 0 Å². The number of amides is 2. The molecule has 1 fully saturated rings. The van der Waals surface area contributed by atoms with Gasteiger partial charge in [-0.05, 0) is 61.8 Å². The predicted molar refractivity (Wildman–Crippen MR) is 155 cm³/mol. The van der Waals surface area contributed by atoms with E-state index in [1.165, 1.54) is 4.90 Å². The van der Waals surface area contributed by atoms with Crippen molar-refractivity contribution in [2.75, 3.05) is 46.2 Å². The summed E-state index contributed by atoms with van der Waals surface area (Å²) in [6.45, 7) is 4.75. The van der Waals surface area contributed by atoms with Crippen LogP contribution in [0.2, 0.25) is 0 Å². The van der Waals surface area contributed by atoms with Crippen LogP contribution in [0.5, 0.6) is 5.75 Å². The number of ether oxygens (including phenoxy) is 2. The number of piperidine rings is 1. The van der Waals surface area contributed by atoms with Gasteiger partial charge in [0.15, 0.2) is 5.65 Å². The molecule has 1 atom stereocenters. The maximum atomic E-state index is 13.2. The van der Waals surface area contributed by atoms with Crippen LogP contribution >= 0.6 is 0 Å². The number of pyridine rings is 1. The molecule has 1 aliphatic rings. The van der Waals surface area contributed by atoms with E-state index < -0.39 is 6.09 Å². The van der Waals surface area contributed by atoms with E-state index in [9.17, 15) is 9.59 Å². The van der Waals surface area contributed by atoms with E-state index in [2.05, 4.69) is 32.3 Å². The van der Waals surface area contributed by atoms with Crippen molar-refractivity contribution >= 4 is 28.7 Å². The van der Waals surface area contributed by atoms with Crippen LogP contribution in [0.1, 0.15) is 30.1 Å². The minimum atomic E-state index is -0.563. The first-order chi connectivity index (χ1) is 19.4. The number of fused-ring (bicyclic) bond motifs is 1. The molecule has 10 nitrogen and oxygen atoms in total. The molecule has 0 spiro atoms. The molecule has 5 rings (SSSR count). The van der Waals surface area contributed by atoms with Gasteiger partial charge in [0, 0.05) is 43.4 Å². The number of aromatic amines is 1. The van der Waals surface area contributed by atoms with Gasteiger partial charge >= 0.3 is 6.09 Å². The van der Waals surface area contributed by atoms with E-state index in [4.69, 9.17) is 9.47 Å². The maximum Gasteiger partial charge on any atom is 0.411 e. The first kappa shape index (κ1) is 27.1. The average molecular weight is 543 g/mol. The number of hydrogen-bond acceptors (Lipinski definition) is 7. The van der Waals surface area contributed by atoms with Crippen LogP contribution in [-0.4, -0.2) is 83.9 Å². The largest absolute Gasteiger partial charge is 0.496 e. The van der Waals surface area contributed by atoms with E-state index in [0.717, 1.165) is 53.7 Å². The van der Waals surface area contributed by atoms with Gasteiger partial charge in [-0.15, -0.1) is 0 Å². The Hall–Kier alpha value is -4.44. The lowest BCUT2D eigenvalue weighted by molar-refractivity contribution is 0.0519. The number of para-hydroxylation sites is 1. The second-order valence-electron chi connectivity index (χ2n) is 10.0. The molecule has 1 unspecified atom stereocenters. The number of aromatic nitrogens is 3. The normalized spacial score (nSPS) is 15.6. The van der Waals surface area contributed by atoms with Crippen LogP contribution < -0.4 is 10.1 Å². The summed E-state index contributed by atoms with van der Waals surface area (Å²) in [7, 11) is 4.98. The molecule has 0 radical (unpaired) electrons. The fraction of sp³-hybridized carbons (Fsp3) is 0.333. The highest BCUT2D eigenvalue weighted by atomic mass is 16.6. The fourth-order valence-electron chi connectivity index (χ4n) is 5.04. The fourth-order valence-corrected chi connectivity index (χ4v) is 5.04. The van der Waals surface area contributed by atoms with Crippen molar-refractivity contribution < 1.29 is 19.1 Å². The number of likely N-dealkylation sites (tertiary alicyclic amines) is 1. The zero-order valence-electron chi connectivity index (χ0n) is 23.2. The number of carbonyl (C=O) groups is 2. The molecule has 0 aliphatic carbocycles.